The average Bonchev–Trinajstić information content (AvgIpc) is 2.20. The second kappa shape index (κ2) is 4.89. The van der Waals surface area contributed by atoms with Gasteiger partial charge in [0.05, 0.1) is 13.2 Å². The van der Waals surface area contributed by atoms with Crippen LogP contribution in [0.5, 0.6) is 11.5 Å². The van der Waals surface area contributed by atoms with E-state index >= 15 is 0 Å². The predicted octanol–water partition coefficient (Wildman–Crippen LogP) is 3.18. The lowest BCUT2D eigenvalue weighted by Crippen LogP contribution is -2.10. The van der Waals surface area contributed by atoms with Gasteiger partial charge >= 0.3 is 0 Å². The summed E-state index contributed by atoms with van der Waals surface area (Å²) in [5, 5.41) is 0. The van der Waals surface area contributed by atoms with Gasteiger partial charge in [0, 0.05) is 0 Å². The zero-order valence-electron chi connectivity index (χ0n) is 9.33. The molecule has 0 aromatic heterocycles. The van der Waals surface area contributed by atoms with Gasteiger partial charge in [-0.1, -0.05) is 13.0 Å². The molecule has 1 aromatic carbocycles. The summed E-state index contributed by atoms with van der Waals surface area (Å²) < 4.78 is 11.0. The number of rotatable bonds is 4. The monoisotopic (exact) mass is 194 g/mol. The first kappa shape index (κ1) is 10.9. The van der Waals surface area contributed by atoms with Gasteiger partial charge in [0.15, 0.2) is 11.5 Å². The zero-order chi connectivity index (χ0) is 10.6. The molecule has 0 saturated carbocycles. The van der Waals surface area contributed by atoms with Crippen molar-refractivity contribution in [2.75, 3.05) is 7.11 Å². The third-order valence-electron chi connectivity index (χ3n) is 2.22. The van der Waals surface area contributed by atoms with E-state index in [0.29, 0.717) is 0 Å². The van der Waals surface area contributed by atoms with E-state index in [1.807, 2.05) is 25.1 Å². The molecule has 0 amide bonds. The molecule has 1 rings (SSSR count). The van der Waals surface area contributed by atoms with Crippen molar-refractivity contribution in [2.45, 2.75) is 33.3 Å². The molecule has 0 bridgehead atoms. The zero-order valence-corrected chi connectivity index (χ0v) is 9.33. The summed E-state index contributed by atoms with van der Waals surface area (Å²) in [6.07, 6.45) is 1.23. The molecule has 0 unspecified atom stereocenters. The second-order valence-corrected chi connectivity index (χ2v) is 3.49. The predicted molar refractivity (Wildman–Crippen MR) is 58.1 cm³/mol. The molecule has 0 aliphatic rings. The van der Waals surface area contributed by atoms with Crippen LogP contribution < -0.4 is 9.47 Å². The number of methoxy groups -OCH3 is 1. The Morgan fingerprint density at radius 2 is 2.00 bits per heavy atom. The first-order chi connectivity index (χ1) is 6.67. The minimum atomic E-state index is 0.228. The number of benzene rings is 1. The van der Waals surface area contributed by atoms with Gasteiger partial charge in [-0.25, -0.2) is 0 Å². The molecule has 14 heavy (non-hydrogen) atoms. The molecule has 0 radical (unpaired) electrons. The van der Waals surface area contributed by atoms with Gasteiger partial charge in [0.25, 0.3) is 0 Å². The molecule has 0 saturated heterocycles. The van der Waals surface area contributed by atoms with E-state index in [9.17, 15) is 0 Å². The third-order valence-corrected chi connectivity index (χ3v) is 2.22. The summed E-state index contributed by atoms with van der Waals surface area (Å²) in [4.78, 5) is 0. The minimum absolute atomic E-state index is 0.228. The Kier molecular flexibility index (Phi) is 3.81. The van der Waals surface area contributed by atoms with E-state index in [1.165, 1.54) is 5.56 Å². The van der Waals surface area contributed by atoms with E-state index in [0.717, 1.165) is 17.9 Å². The largest absolute Gasteiger partial charge is 0.493 e. The SMILES string of the molecule is CC[C@@H](C)Oc1ccc(C)cc1OC. The van der Waals surface area contributed by atoms with Crippen LogP contribution >= 0.6 is 0 Å². The van der Waals surface area contributed by atoms with Crippen LogP contribution in [0.4, 0.5) is 0 Å². The van der Waals surface area contributed by atoms with Crippen LogP contribution in [0.3, 0.4) is 0 Å². The Morgan fingerprint density at radius 3 is 2.57 bits per heavy atom. The molecule has 2 heteroatoms. The molecule has 0 aliphatic carbocycles. The highest BCUT2D eigenvalue weighted by atomic mass is 16.5. The summed E-state index contributed by atoms with van der Waals surface area (Å²) in [5.74, 6) is 1.64. The van der Waals surface area contributed by atoms with Crippen molar-refractivity contribution in [3.8, 4) is 11.5 Å². The van der Waals surface area contributed by atoms with Crippen LogP contribution in [-0.2, 0) is 0 Å². The van der Waals surface area contributed by atoms with Crippen molar-refractivity contribution >= 4 is 0 Å². The van der Waals surface area contributed by atoms with Crippen molar-refractivity contribution in [2.24, 2.45) is 0 Å². The fourth-order valence-corrected chi connectivity index (χ4v) is 1.17. The lowest BCUT2D eigenvalue weighted by molar-refractivity contribution is 0.207. The molecule has 0 fully saturated rings. The third kappa shape index (κ3) is 2.66. The fraction of sp³-hybridized carbons (Fsp3) is 0.500. The van der Waals surface area contributed by atoms with E-state index < -0.39 is 0 Å². The molecule has 0 heterocycles. The van der Waals surface area contributed by atoms with Crippen molar-refractivity contribution in [1.82, 2.24) is 0 Å². The Labute approximate surface area is 85.8 Å². The van der Waals surface area contributed by atoms with Crippen LogP contribution in [-0.4, -0.2) is 13.2 Å². The van der Waals surface area contributed by atoms with Crippen molar-refractivity contribution in [1.29, 1.82) is 0 Å². The quantitative estimate of drug-likeness (QED) is 0.733. The van der Waals surface area contributed by atoms with Crippen molar-refractivity contribution in [3.05, 3.63) is 23.8 Å². The van der Waals surface area contributed by atoms with Gasteiger partial charge in [-0.15, -0.1) is 0 Å². The molecule has 1 aromatic rings. The van der Waals surface area contributed by atoms with Crippen LogP contribution in [0, 0.1) is 6.92 Å². The van der Waals surface area contributed by atoms with Gasteiger partial charge in [-0.3, -0.25) is 0 Å². The maximum absolute atomic E-state index is 5.72. The molecule has 0 N–H and O–H groups in total. The molecule has 2 nitrogen and oxygen atoms in total. The van der Waals surface area contributed by atoms with Crippen LogP contribution in [0.15, 0.2) is 18.2 Å². The molecular formula is C12H18O2. The van der Waals surface area contributed by atoms with Gasteiger partial charge in [-0.2, -0.15) is 0 Å². The number of hydrogen-bond acceptors (Lipinski definition) is 2. The number of aryl methyl sites for hydroxylation is 1. The van der Waals surface area contributed by atoms with Gasteiger partial charge in [0.2, 0.25) is 0 Å². The highest BCUT2D eigenvalue weighted by molar-refractivity contribution is 5.42. The van der Waals surface area contributed by atoms with Crippen molar-refractivity contribution < 1.29 is 9.47 Å². The van der Waals surface area contributed by atoms with Crippen LogP contribution in [0.2, 0.25) is 0 Å². The summed E-state index contributed by atoms with van der Waals surface area (Å²) in [6.45, 7) is 6.19. The second-order valence-electron chi connectivity index (χ2n) is 3.49. The fourth-order valence-electron chi connectivity index (χ4n) is 1.17. The average molecular weight is 194 g/mol. The summed E-state index contributed by atoms with van der Waals surface area (Å²) in [7, 11) is 1.66. The lowest BCUT2D eigenvalue weighted by Gasteiger charge is -2.15. The Morgan fingerprint density at radius 1 is 1.29 bits per heavy atom. The topological polar surface area (TPSA) is 18.5 Å². The highest BCUT2D eigenvalue weighted by Gasteiger charge is 2.07. The van der Waals surface area contributed by atoms with Gasteiger partial charge in [0.1, 0.15) is 0 Å². The summed E-state index contributed by atoms with van der Waals surface area (Å²) >= 11 is 0. The maximum atomic E-state index is 5.72. The number of ether oxygens (including phenoxy) is 2. The van der Waals surface area contributed by atoms with E-state index in [1.54, 1.807) is 7.11 Å². The lowest BCUT2D eigenvalue weighted by atomic mass is 10.2. The Balaban J connectivity index is 2.85. The van der Waals surface area contributed by atoms with E-state index in [2.05, 4.69) is 13.8 Å². The van der Waals surface area contributed by atoms with Crippen LogP contribution in [0.25, 0.3) is 0 Å². The van der Waals surface area contributed by atoms with Crippen molar-refractivity contribution in [3.63, 3.8) is 0 Å². The Hall–Kier alpha value is -1.18. The van der Waals surface area contributed by atoms with Crippen LogP contribution in [0.1, 0.15) is 25.8 Å². The van der Waals surface area contributed by atoms with E-state index in [-0.39, 0.29) is 6.10 Å². The molecular weight excluding hydrogens is 176 g/mol. The molecule has 1 atom stereocenters. The molecule has 0 aliphatic heterocycles. The first-order valence-electron chi connectivity index (χ1n) is 4.98. The van der Waals surface area contributed by atoms with Gasteiger partial charge in [-0.05, 0) is 38.0 Å². The summed E-state index contributed by atoms with van der Waals surface area (Å²) in [6, 6.07) is 5.97. The number of hydrogen-bond donors (Lipinski definition) is 0. The minimum Gasteiger partial charge on any atom is -0.493 e. The smallest absolute Gasteiger partial charge is 0.161 e. The Bertz CT molecular complexity index is 294. The molecule has 0 spiro atoms. The maximum Gasteiger partial charge on any atom is 0.161 e. The van der Waals surface area contributed by atoms with Gasteiger partial charge < -0.3 is 9.47 Å². The van der Waals surface area contributed by atoms with E-state index in [4.69, 9.17) is 9.47 Å². The standard InChI is InChI=1S/C12H18O2/c1-5-10(3)14-11-7-6-9(2)8-12(11)13-4/h6-8,10H,5H2,1-4H3/t10-/m1/s1. The first-order valence-corrected chi connectivity index (χ1v) is 4.98. The normalized spacial score (nSPS) is 12.3. The molecule has 78 valence electrons. The highest BCUT2D eigenvalue weighted by Crippen LogP contribution is 2.28. The summed E-state index contributed by atoms with van der Waals surface area (Å²) in [5.41, 5.74) is 1.18.